The minimum atomic E-state index is -0.273. The van der Waals surface area contributed by atoms with Gasteiger partial charge in [-0.15, -0.1) is 0 Å². The lowest BCUT2D eigenvalue weighted by atomic mass is 9.91. The third kappa shape index (κ3) is 4.16. The van der Waals surface area contributed by atoms with Gasteiger partial charge in [0.1, 0.15) is 5.82 Å². The molecule has 0 bridgehead atoms. The van der Waals surface area contributed by atoms with Crippen molar-refractivity contribution in [2.45, 2.75) is 31.6 Å². The van der Waals surface area contributed by atoms with Crippen molar-refractivity contribution in [1.82, 2.24) is 19.8 Å². The number of piperidine rings is 1. The average molecular weight is 368 g/mol. The van der Waals surface area contributed by atoms with Crippen LogP contribution < -0.4 is 0 Å². The lowest BCUT2D eigenvalue weighted by Crippen LogP contribution is -2.43. The van der Waals surface area contributed by atoms with Crippen LogP contribution in [0.5, 0.6) is 0 Å². The normalized spacial score (nSPS) is 20.8. The molecule has 2 saturated heterocycles. The third-order valence-corrected chi connectivity index (χ3v) is 5.53. The SMILES string of the molecule is O=C(CN1CCC[C@@H](c2nccnc2-c2cccc(F)c2)C1)N1CCCC1. The highest BCUT2D eigenvalue weighted by Crippen LogP contribution is 2.32. The Balaban J connectivity index is 1.51. The maximum absolute atomic E-state index is 13.7. The first kappa shape index (κ1) is 18.0. The Morgan fingerprint density at radius 3 is 2.74 bits per heavy atom. The topological polar surface area (TPSA) is 49.3 Å². The average Bonchev–Trinajstić information content (AvgIpc) is 3.23. The van der Waals surface area contributed by atoms with Gasteiger partial charge < -0.3 is 4.90 Å². The Morgan fingerprint density at radius 2 is 1.93 bits per heavy atom. The molecule has 6 heteroatoms. The molecular formula is C21H25FN4O. The number of rotatable bonds is 4. The smallest absolute Gasteiger partial charge is 0.236 e. The lowest BCUT2D eigenvalue weighted by Gasteiger charge is -2.33. The van der Waals surface area contributed by atoms with Gasteiger partial charge in [-0.2, -0.15) is 0 Å². The molecule has 2 fully saturated rings. The van der Waals surface area contributed by atoms with Crippen molar-refractivity contribution in [3.05, 3.63) is 48.2 Å². The first-order valence-electron chi connectivity index (χ1n) is 9.77. The van der Waals surface area contributed by atoms with Crippen LogP contribution in [0.2, 0.25) is 0 Å². The minimum Gasteiger partial charge on any atom is -0.342 e. The maximum atomic E-state index is 13.7. The molecule has 3 heterocycles. The fraction of sp³-hybridized carbons (Fsp3) is 0.476. The van der Waals surface area contributed by atoms with E-state index in [0.717, 1.165) is 68.8 Å². The number of benzene rings is 1. The first-order chi connectivity index (χ1) is 13.2. The predicted octanol–water partition coefficient (Wildman–Crippen LogP) is 3.08. The van der Waals surface area contributed by atoms with Crippen LogP contribution in [0.15, 0.2) is 36.7 Å². The molecule has 4 rings (SSSR count). The Hall–Kier alpha value is -2.34. The fourth-order valence-corrected chi connectivity index (χ4v) is 4.19. The molecule has 1 aromatic carbocycles. The largest absolute Gasteiger partial charge is 0.342 e. The summed E-state index contributed by atoms with van der Waals surface area (Å²) >= 11 is 0. The summed E-state index contributed by atoms with van der Waals surface area (Å²) in [4.78, 5) is 25.8. The summed E-state index contributed by atoms with van der Waals surface area (Å²) in [5, 5.41) is 0. The number of halogens is 1. The van der Waals surface area contributed by atoms with E-state index in [1.807, 2.05) is 11.0 Å². The van der Waals surface area contributed by atoms with E-state index in [0.29, 0.717) is 6.54 Å². The molecule has 27 heavy (non-hydrogen) atoms. The summed E-state index contributed by atoms with van der Waals surface area (Å²) in [7, 11) is 0. The van der Waals surface area contributed by atoms with E-state index >= 15 is 0 Å². The molecule has 2 aliphatic heterocycles. The van der Waals surface area contributed by atoms with Gasteiger partial charge in [0.25, 0.3) is 0 Å². The molecule has 1 aromatic heterocycles. The van der Waals surface area contributed by atoms with Crippen LogP contribution in [0.25, 0.3) is 11.3 Å². The van der Waals surface area contributed by atoms with Crippen molar-refractivity contribution >= 4 is 5.91 Å². The molecule has 2 aliphatic rings. The predicted molar refractivity (Wildman–Crippen MR) is 102 cm³/mol. The van der Waals surface area contributed by atoms with Gasteiger partial charge in [-0.3, -0.25) is 19.7 Å². The molecule has 0 N–H and O–H groups in total. The molecule has 1 atom stereocenters. The number of aromatic nitrogens is 2. The third-order valence-electron chi connectivity index (χ3n) is 5.53. The van der Waals surface area contributed by atoms with Gasteiger partial charge in [0, 0.05) is 43.5 Å². The second kappa shape index (κ2) is 8.13. The summed E-state index contributed by atoms with van der Waals surface area (Å²) in [5.41, 5.74) is 2.40. The molecule has 0 aliphatic carbocycles. The number of carbonyl (C=O) groups is 1. The van der Waals surface area contributed by atoms with Gasteiger partial charge >= 0.3 is 0 Å². The number of carbonyl (C=O) groups excluding carboxylic acids is 1. The van der Waals surface area contributed by atoms with Crippen LogP contribution in [0.1, 0.15) is 37.3 Å². The van der Waals surface area contributed by atoms with E-state index in [1.54, 1.807) is 18.5 Å². The molecule has 0 saturated carbocycles. The van der Waals surface area contributed by atoms with Gasteiger partial charge in [0.15, 0.2) is 0 Å². The minimum absolute atomic E-state index is 0.206. The second-order valence-corrected chi connectivity index (χ2v) is 7.46. The maximum Gasteiger partial charge on any atom is 0.236 e. The van der Waals surface area contributed by atoms with E-state index in [1.165, 1.54) is 12.1 Å². The van der Waals surface area contributed by atoms with Crippen molar-refractivity contribution in [2.75, 3.05) is 32.7 Å². The number of hydrogen-bond donors (Lipinski definition) is 0. The monoisotopic (exact) mass is 368 g/mol. The van der Waals surface area contributed by atoms with Crippen LogP contribution >= 0.6 is 0 Å². The van der Waals surface area contributed by atoms with Gasteiger partial charge in [-0.25, -0.2) is 4.39 Å². The van der Waals surface area contributed by atoms with Gasteiger partial charge in [0.2, 0.25) is 5.91 Å². The molecule has 1 amide bonds. The number of likely N-dealkylation sites (tertiary alicyclic amines) is 2. The zero-order valence-electron chi connectivity index (χ0n) is 15.5. The first-order valence-corrected chi connectivity index (χ1v) is 9.77. The van der Waals surface area contributed by atoms with E-state index in [2.05, 4.69) is 14.9 Å². The van der Waals surface area contributed by atoms with Gasteiger partial charge in [0.05, 0.1) is 17.9 Å². The Morgan fingerprint density at radius 1 is 1.11 bits per heavy atom. The Bertz CT molecular complexity index is 806. The molecule has 2 aromatic rings. The summed E-state index contributed by atoms with van der Waals surface area (Å²) in [6.45, 7) is 3.99. The van der Waals surface area contributed by atoms with Crippen molar-refractivity contribution in [1.29, 1.82) is 0 Å². The molecule has 142 valence electrons. The van der Waals surface area contributed by atoms with E-state index in [9.17, 15) is 9.18 Å². The van der Waals surface area contributed by atoms with Gasteiger partial charge in [-0.1, -0.05) is 12.1 Å². The zero-order valence-corrected chi connectivity index (χ0v) is 15.5. The van der Waals surface area contributed by atoms with E-state index < -0.39 is 0 Å². The quantitative estimate of drug-likeness (QED) is 0.832. The fourth-order valence-electron chi connectivity index (χ4n) is 4.19. The highest BCUT2D eigenvalue weighted by molar-refractivity contribution is 5.78. The Labute approximate surface area is 159 Å². The van der Waals surface area contributed by atoms with E-state index in [4.69, 9.17) is 0 Å². The molecule has 0 radical (unpaired) electrons. The molecule has 0 spiro atoms. The molecule has 5 nitrogen and oxygen atoms in total. The summed E-state index contributed by atoms with van der Waals surface area (Å²) in [6.07, 6.45) is 7.62. The number of amides is 1. The van der Waals surface area contributed by atoms with Crippen LogP contribution in [-0.4, -0.2) is 58.4 Å². The zero-order chi connectivity index (χ0) is 18.6. The van der Waals surface area contributed by atoms with Crippen LogP contribution in [0.4, 0.5) is 4.39 Å². The van der Waals surface area contributed by atoms with Crippen molar-refractivity contribution in [3.63, 3.8) is 0 Å². The van der Waals surface area contributed by atoms with E-state index in [-0.39, 0.29) is 17.6 Å². The standard InChI is InChI=1S/C21H25FN4O/c22-18-7-3-5-16(13-18)20-21(24-9-8-23-20)17-6-4-10-25(14-17)15-19(27)26-11-1-2-12-26/h3,5,7-9,13,17H,1-2,4,6,10-12,14-15H2/t17-/m1/s1. The van der Waals surface area contributed by atoms with Crippen molar-refractivity contribution in [2.24, 2.45) is 0 Å². The summed E-state index contributed by atoms with van der Waals surface area (Å²) < 4.78 is 13.7. The van der Waals surface area contributed by atoms with Crippen molar-refractivity contribution < 1.29 is 9.18 Å². The van der Waals surface area contributed by atoms with Crippen LogP contribution in [0.3, 0.4) is 0 Å². The second-order valence-electron chi connectivity index (χ2n) is 7.46. The van der Waals surface area contributed by atoms with Gasteiger partial charge in [-0.05, 0) is 44.4 Å². The summed E-state index contributed by atoms with van der Waals surface area (Å²) in [6, 6.07) is 6.51. The van der Waals surface area contributed by atoms with Crippen LogP contribution in [-0.2, 0) is 4.79 Å². The number of hydrogen-bond acceptors (Lipinski definition) is 4. The summed E-state index contributed by atoms with van der Waals surface area (Å²) in [5.74, 6) is 0.167. The molecule has 0 unspecified atom stereocenters. The van der Waals surface area contributed by atoms with Crippen molar-refractivity contribution in [3.8, 4) is 11.3 Å². The number of nitrogens with zero attached hydrogens (tertiary/aromatic N) is 4. The Kier molecular flexibility index (Phi) is 5.43. The highest BCUT2D eigenvalue weighted by Gasteiger charge is 2.28. The lowest BCUT2D eigenvalue weighted by molar-refractivity contribution is -0.131. The highest BCUT2D eigenvalue weighted by atomic mass is 19.1. The van der Waals surface area contributed by atoms with Crippen LogP contribution in [0, 0.1) is 5.82 Å². The molecular weight excluding hydrogens is 343 g/mol.